The molecule has 0 amide bonds. The summed E-state index contributed by atoms with van der Waals surface area (Å²) >= 11 is 0. The molecule has 5 nitrogen and oxygen atoms in total. The number of ether oxygens (including phenoxy) is 1. The highest BCUT2D eigenvalue weighted by Gasteiger charge is 1.96. The van der Waals surface area contributed by atoms with Crippen molar-refractivity contribution in [3.05, 3.63) is 18.0 Å². The van der Waals surface area contributed by atoms with E-state index in [0.717, 1.165) is 18.8 Å². The molecule has 0 radical (unpaired) electrons. The molecule has 5 heteroatoms. The predicted molar refractivity (Wildman–Crippen MR) is 52.8 cm³/mol. The molecule has 1 aromatic rings. The van der Waals surface area contributed by atoms with Gasteiger partial charge in [0.2, 0.25) is 0 Å². The summed E-state index contributed by atoms with van der Waals surface area (Å²) in [7, 11) is 1.92. The molecular weight excluding hydrogens is 182 g/mol. The summed E-state index contributed by atoms with van der Waals surface area (Å²) in [5.74, 6) is 0. The van der Waals surface area contributed by atoms with Crippen LogP contribution >= 0.6 is 0 Å². The van der Waals surface area contributed by atoms with E-state index in [-0.39, 0.29) is 6.61 Å². The number of aryl methyl sites for hydroxylation is 1. The Labute approximate surface area is 83.7 Å². The van der Waals surface area contributed by atoms with Crippen molar-refractivity contribution in [2.45, 2.75) is 6.54 Å². The topological polar surface area (TPSA) is 59.3 Å². The van der Waals surface area contributed by atoms with Gasteiger partial charge in [0.1, 0.15) is 0 Å². The van der Waals surface area contributed by atoms with Gasteiger partial charge in [0.25, 0.3) is 0 Å². The molecule has 0 aliphatic carbocycles. The second kappa shape index (κ2) is 6.53. The molecule has 0 spiro atoms. The molecule has 0 atom stereocenters. The van der Waals surface area contributed by atoms with Crippen LogP contribution in [0, 0.1) is 0 Å². The summed E-state index contributed by atoms with van der Waals surface area (Å²) in [6.45, 7) is 2.69. The van der Waals surface area contributed by atoms with Crippen LogP contribution in [0.5, 0.6) is 0 Å². The molecule has 0 saturated heterocycles. The zero-order valence-electron chi connectivity index (χ0n) is 8.44. The van der Waals surface area contributed by atoms with Gasteiger partial charge in [0.15, 0.2) is 0 Å². The Morgan fingerprint density at radius 1 is 1.57 bits per heavy atom. The first-order valence-corrected chi connectivity index (χ1v) is 4.71. The van der Waals surface area contributed by atoms with E-state index in [1.165, 1.54) is 0 Å². The third-order valence-electron chi connectivity index (χ3n) is 1.89. The zero-order valence-corrected chi connectivity index (χ0v) is 8.44. The molecule has 0 unspecified atom stereocenters. The van der Waals surface area contributed by atoms with E-state index in [0.29, 0.717) is 13.2 Å². The summed E-state index contributed by atoms with van der Waals surface area (Å²) in [6, 6.07) is 1.97. The molecule has 2 N–H and O–H groups in total. The van der Waals surface area contributed by atoms with Gasteiger partial charge in [-0.25, -0.2) is 0 Å². The maximum absolute atomic E-state index is 8.45. The molecule has 0 bridgehead atoms. The Kier molecular flexibility index (Phi) is 5.21. The lowest BCUT2D eigenvalue weighted by molar-refractivity contribution is 0.0937. The van der Waals surface area contributed by atoms with Crippen LogP contribution in [0.25, 0.3) is 0 Å². The molecule has 0 aromatic carbocycles. The van der Waals surface area contributed by atoms with E-state index in [9.17, 15) is 0 Å². The predicted octanol–water partition coefficient (Wildman–Crippen LogP) is -0.481. The minimum atomic E-state index is 0.0851. The molecule has 80 valence electrons. The lowest BCUT2D eigenvalue weighted by atomic mass is 10.4. The summed E-state index contributed by atoms with van der Waals surface area (Å²) < 4.78 is 6.93. The number of aromatic nitrogens is 2. The number of aliphatic hydroxyl groups is 1. The molecule has 1 rings (SSSR count). The zero-order chi connectivity index (χ0) is 10.2. The van der Waals surface area contributed by atoms with Crippen LogP contribution in [-0.4, -0.2) is 41.3 Å². The van der Waals surface area contributed by atoms with Crippen LogP contribution in [-0.2, 0) is 18.3 Å². The van der Waals surface area contributed by atoms with E-state index < -0.39 is 0 Å². The maximum Gasteiger partial charge on any atom is 0.0698 e. The van der Waals surface area contributed by atoms with E-state index >= 15 is 0 Å². The number of aliphatic hydroxyl groups excluding tert-OH is 1. The summed E-state index contributed by atoms with van der Waals surface area (Å²) in [5.41, 5.74) is 1.15. The van der Waals surface area contributed by atoms with Crippen molar-refractivity contribution < 1.29 is 9.84 Å². The van der Waals surface area contributed by atoms with Gasteiger partial charge >= 0.3 is 0 Å². The van der Waals surface area contributed by atoms with Crippen molar-refractivity contribution >= 4 is 0 Å². The van der Waals surface area contributed by atoms with Gasteiger partial charge in [0.05, 0.1) is 25.5 Å². The third kappa shape index (κ3) is 3.87. The van der Waals surface area contributed by atoms with Crippen LogP contribution < -0.4 is 5.32 Å². The van der Waals surface area contributed by atoms with Crippen molar-refractivity contribution in [1.82, 2.24) is 15.1 Å². The molecule has 1 aromatic heterocycles. The quantitative estimate of drug-likeness (QED) is 0.582. The fourth-order valence-corrected chi connectivity index (χ4v) is 1.10. The van der Waals surface area contributed by atoms with Gasteiger partial charge in [-0.15, -0.1) is 0 Å². The first kappa shape index (κ1) is 11.2. The second-order valence-corrected chi connectivity index (χ2v) is 2.96. The normalized spacial score (nSPS) is 10.7. The average molecular weight is 199 g/mol. The van der Waals surface area contributed by atoms with Crippen molar-refractivity contribution in [2.75, 3.05) is 26.4 Å². The van der Waals surface area contributed by atoms with Gasteiger partial charge in [-0.3, -0.25) is 4.68 Å². The van der Waals surface area contributed by atoms with Crippen LogP contribution in [0.2, 0.25) is 0 Å². The fraction of sp³-hybridized carbons (Fsp3) is 0.667. The molecular formula is C9H17N3O2. The highest BCUT2D eigenvalue weighted by Crippen LogP contribution is 1.94. The van der Waals surface area contributed by atoms with Crippen molar-refractivity contribution in [2.24, 2.45) is 7.05 Å². The molecule has 0 saturated carbocycles. The van der Waals surface area contributed by atoms with Crippen molar-refractivity contribution in [3.8, 4) is 0 Å². The molecule has 0 fully saturated rings. The Hall–Kier alpha value is -0.910. The van der Waals surface area contributed by atoms with Crippen molar-refractivity contribution in [3.63, 3.8) is 0 Å². The first-order valence-electron chi connectivity index (χ1n) is 4.71. The third-order valence-corrected chi connectivity index (χ3v) is 1.89. The Morgan fingerprint density at radius 2 is 2.43 bits per heavy atom. The van der Waals surface area contributed by atoms with E-state index in [1.807, 2.05) is 17.8 Å². The Bertz CT molecular complexity index is 250. The van der Waals surface area contributed by atoms with Gasteiger partial charge < -0.3 is 15.2 Å². The summed E-state index contributed by atoms with van der Waals surface area (Å²) in [4.78, 5) is 0. The molecule has 0 aliphatic heterocycles. The number of nitrogens with one attached hydrogen (secondary N) is 1. The standard InChI is InChI=1S/C9H17N3O2/c1-12-9(2-3-11-12)8-10-4-6-14-7-5-13/h2-3,10,13H,4-8H2,1H3. The van der Waals surface area contributed by atoms with E-state index in [4.69, 9.17) is 9.84 Å². The highest BCUT2D eigenvalue weighted by atomic mass is 16.5. The Balaban J connectivity index is 2.02. The first-order chi connectivity index (χ1) is 6.84. The number of hydrogen-bond donors (Lipinski definition) is 2. The number of nitrogens with zero attached hydrogens (tertiary/aromatic N) is 2. The number of hydrogen-bond acceptors (Lipinski definition) is 4. The second-order valence-electron chi connectivity index (χ2n) is 2.96. The van der Waals surface area contributed by atoms with Gasteiger partial charge in [-0.1, -0.05) is 0 Å². The van der Waals surface area contributed by atoms with Crippen LogP contribution in [0.1, 0.15) is 5.69 Å². The minimum Gasteiger partial charge on any atom is -0.394 e. The van der Waals surface area contributed by atoms with Gasteiger partial charge in [-0.05, 0) is 6.07 Å². The largest absolute Gasteiger partial charge is 0.394 e. The van der Waals surface area contributed by atoms with Crippen molar-refractivity contribution in [1.29, 1.82) is 0 Å². The summed E-state index contributed by atoms with van der Waals surface area (Å²) in [5, 5.41) is 15.7. The van der Waals surface area contributed by atoms with E-state index in [1.54, 1.807) is 6.20 Å². The van der Waals surface area contributed by atoms with Gasteiger partial charge in [0, 0.05) is 26.3 Å². The maximum atomic E-state index is 8.45. The minimum absolute atomic E-state index is 0.0851. The van der Waals surface area contributed by atoms with Crippen LogP contribution in [0.3, 0.4) is 0 Å². The van der Waals surface area contributed by atoms with Gasteiger partial charge in [-0.2, -0.15) is 5.10 Å². The highest BCUT2D eigenvalue weighted by molar-refractivity contribution is 4.98. The smallest absolute Gasteiger partial charge is 0.0698 e. The lowest BCUT2D eigenvalue weighted by Crippen LogP contribution is -2.21. The van der Waals surface area contributed by atoms with Crippen LogP contribution in [0.4, 0.5) is 0 Å². The fourth-order valence-electron chi connectivity index (χ4n) is 1.10. The average Bonchev–Trinajstić information content (AvgIpc) is 2.58. The Morgan fingerprint density at radius 3 is 3.07 bits per heavy atom. The molecule has 14 heavy (non-hydrogen) atoms. The number of rotatable bonds is 7. The van der Waals surface area contributed by atoms with E-state index in [2.05, 4.69) is 10.4 Å². The lowest BCUT2D eigenvalue weighted by Gasteiger charge is -2.05. The molecule has 1 heterocycles. The molecule has 0 aliphatic rings. The van der Waals surface area contributed by atoms with Crippen LogP contribution in [0.15, 0.2) is 12.3 Å². The summed E-state index contributed by atoms with van der Waals surface area (Å²) in [6.07, 6.45) is 1.78. The monoisotopic (exact) mass is 199 g/mol. The SMILES string of the molecule is Cn1nccc1CNCCOCCO.